The van der Waals surface area contributed by atoms with Crippen molar-refractivity contribution >= 4 is 22.1 Å². The van der Waals surface area contributed by atoms with Gasteiger partial charge in [0.25, 0.3) is 0 Å². The van der Waals surface area contributed by atoms with Gasteiger partial charge in [-0.3, -0.25) is 4.79 Å². The second-order valence-electron chi connectivity index (χ2n) is 6.85. The van der Waals surface area contributed by atoms with Gasteiger partial charge in [-0.25, -0.2) is 17.9 Å². The molecule has 2 N–H and O–H groups in total. The van der Waals surface area contributed by atoms with Crippen LogP contribution in [0.1, 0.15) is 40.0 Å². The van der Waals surface area contributed by atoms with Crippen LogP contribution in [-0.4, -0.2) is 61.5 Å². The monoisotopic (exact) mass is 362 g/mol. The van der Waals surface area contributed by atoms with Crippen molar-refractivity contribution < 1.29 is 27.9 Å². The quantitative estimate of drug-likeness (QED) is 0.714. The van der Waals surface area contributed by atoms with Gasteiger partial charge >= 0.3 is 12.1 Å². The maximum absolute atomic E-state index is 12.0. The Hall–Kier alpha value is -1.61. The molecule has 1 atom stereocenters. The third-order valence-electron chi connectivity index (χ3n) is 3.35. The van der Waals surface area contributed by atoms with Crippen molar-refractivity contribution in [1.29, 1.82) is 0 Å². The number of rotatable bonds is 5. The van der Waals surface area contributed by atoms with Crippen molar-refractivity contribution in [2.24, 2.45) is 0 Å². The lowest BCUT2D eigenvalue weighted by Gasteiger charge is -2.31. The first-order valence-electron chi connectivity index (χ1n) is 7.73. The van der Waals surface area contributed by atoms with Crippen LogP contribution in [0.25, 0.3) is 0 Å². The predicted molar refractivity (Wildman–Crippen MR) is 89.1 cm³/mol. The van der Waals surface area contributed by atoms with Gasteiger partial charge in [0.2, 0.25) is 10.0 Å². The van der Waals surface area contributed by atoms with Crippen molar-refractivity contribution in [3.63, 3.8) is 0 Å². The molecule has 0 aromatic rings. The van der Waals surface area contributed by atoms with E-state index in [1.54, 1.807) is 31.7 Å². The summed E-state index contributed by atoms with van der Waals surface area (Å²) in [5.41, 5.74) is 0.468. The van der Waals surface area contributed by atoms with E-state index in [0.717, 1.165) is 11.8 Å². The summed E-state index contributed by atoms with van der Waals surface area (Å²) in [7, 11) is -3.59. The third kappa shape index (κ3) is 7.78. The zero-order valence-electron chi connectivity index (χ0n) is 14.5. The number of carboxylic acid groups (broad SMARTS) is 1. The molecule has 24 heavy (non-hydrogen) atoms. The van der Waals surface area contributed by atoms with Gasteiger partial charge in [0.05, 0.1) is 6.26 Å². The van der Waals surface area contributed by atoms with E-state index in [-0.39, 0.29) is 12.5 Å². The number of amides is 1. The summed E-state index contributed by atoms with van der Waals surface area (Å²) >= 11 is 0. The van der Waals surface area contributed by atoms with Gasteiger partial charge in [0.1, 0.15) is 11.6 Å². The lowest BCUT2D eigenvalue weighted by Crippen LogP contribution is -2.41. The molecule has 1 fully saturated rings. The molecule has 0 radical (unpaired) electrons. The van der Waals surface area contributed by atoms with Gasteiger partial charge in [-0.1, -0.05) is 11.6 Å². The van der Waals surface area contributed by atoms with Crippen molar-refractivity contribution in [3.05, 3.63) is 11.6 Å². The second-order valence-corrected chi connectivity index (χ2v) is 8.63. The molecule has 0 spiro atoms. The van der Waals surface area contributed by atoms with Crippen molar-refractivity contribution in [2.45, 2.75) is 51.7 Å². The summed E-state index contributed by atoms with van der Waals surface area (Å²) in [5.74, 6) is -1.22. The van der Waals surface area contributed by atoms with Gasteiger partial charge < -0.3 is 14.7 Å². The highest BCUT2D eigenvalue weighted by Gasteiger charge is 2.25. The van der Waals surface area contributed by atoms with E-state index < -0.39 is 27.6 Å². The fourth-order valence-corrected chi connectivity index (χ4v) is 2.96. The molecule has 9 heteroatoms. The number of aliphatic carboxylic acids is 1. The Labute approximate surface area is 142 Å². The molecular weight excluding hydrogens is 336 g/mol. The standard InChI is InChI=1S/C15H26N2O6S/c1-15(2,3)23-14(20)17-9-7-11(8-10-17)5-6-12(13(18)19)16-24(4,21)22/h5,12,16H,6-10H2,1-4H3,(H,18,19)/t12-/m1/s1. The minimum absolute atomic E-state index is 0.0736. The number of nitrogens with one attached hydrogen (secondary N) is 1. The number of likely N-dealkylation sites (tertiary alicyclic amines) is 1. The fourth-order valence-electron chi connectivity index (χ4n) is 2.25. The minimum Gasteiger partial charge on any atom is -0.480 e. The predicted octanol–water partition coefficient (Wildman–Crippen LogP) is 1.34. The third-order valence-corrected chi connectivity index (χ3v) is 4.07. The Morgan fingerprint density at radius 3 is 2.29 bits per heavy atom. The fraction of sp³-hybridized carbons (Fsp3) is 0.733. The van der Waals surface area contributed by atoms with Crippen LogP contribution in [0.4, 0.5) is 4.79 Å². The average Bonchev–Trinajstić information content (AvgIpc) is 2.40. The normalized spacial score (nSPS) is 17.3. The summed E-state index contributed by atoms with van der Waals surface area (Å²) in [4.78, 5) is 24.7. The van der Waals surface area contributed by atoms with E-state index in [9.17, 15) is 18.0 Å². The number of sulfonamides is 1. The number of carbonyl (C=O) groups is 2. The molecule has 0 saturated carbocycles. The molecule has 1 heterocycles. The Balaban J connectivity index is 2.56. The Morgan fingerprint density at radius 1 is 1.33 bits per heavy atom. The number of hydrogen-bond donors (Lipinski definition) is 2. The zero-order chi connectivity index (χ0) is 18.5. The first-order valence-corrected chi connectivity index (χ1v) is 9.62. The first kappa shape index (κ1) is 20.4. The van der Waals surface area contributed by atoms with Gasteiger partial charge in [0, 0.05) is 13.1 Å². The van der Waals surface area contributed by atoms with Gasteiger partial charge in [0.15, 0.2) is 0 Å². The molecule has 0 bridgehead atoms. The minimum atomic E-state index is -3.59. The summed E-state index contributed by atoms with van der Waals surface area (Å²) in [6.45, 7) is 6.42. The first-order chi connectivity index (χ1) is 10.9. The molecule has 1 saturated heterocycles. The Morgan fingerprint density at radius 2 is 1.88 bits per heavy atom. The van der Waals surface area contributed by atoms with Crippen molar-refractivity contribution in [2.75, 3.05) is 19.3 Å². The van der Waals surface area contributed by atoms with Crippen LogP contribution in [-0.2, 0) is 19.6 Å². The molecular formula is C15H26N2O6S. The maximum atomic E-state index is 12.0. The molecule has 138 valence electrons. The van der Waals surface area contributed by atoms with E-state index >= 15 is 0 Å². The van der Waals surface area contributed by atoms with Gasteiger partial charge in [-0.05, 0) is 40.0 Å². The van der Waals surface area contributed by atoms with E-state index in [4.69, 9.17) is 9.84 Å². The number of ether oxygens (including phenoxy) is 1. The highest BCUT2D eigenvalue weighted by atomic mass is 32.2. The van der Waals surface area contributed by atoms with Crippen molar-refractivity contribution in [3.8, 4) is 0 Å². The molecule has 0 unspecified atom stereocenters. The van der Waals surface area contributed by atoms with Crippen LogP contribution in [0.15, 0.2) is 11.6 Å². The van der Waals surface area contributed by atoms with Crippen LogP contribution in [0.5, 0.6) is 0 Å². The topological polar surface area (TPSA) is 113 Å². The molecule has 0 aliphatic carbocycles. The summed E-state index contributed by atoms with van der Waals surface area (Å²) in [5, 5.41) is 9.06. The second kappa shape index (κ2) is 7.98. The Kier molecular flexibility index (Phi) is 6.79. The molecule has 0 aromatic carbocycles. The number of piperidine rings is 1. The summed E-state index contributed by atoms with van der Waals surface area (Å²) in [6, 6.07) is -1.18. The molecule has 1 amide bonds. The molecule has 8 nitrogen and oxygen atoms in total. The van der Waals surface area contributed by atoms with E-state index in [0.29, 0.717) is 25.9 Å². The van der Waals surface area contributed by atoms with E-state index in [2.05, 4.69) is 4.72 Å². The van der Waals surface area contributed by atoms with E-state index in [1.165, 1.54) is 0 Å². The van der Waals surface area contributed by atoms with Crippen molar-refractivity contribution in [1.82, 2.24) is 9.62 Å². The summed E-state index contributed by atoms with van der Waals surface area (Å²) < 4.78 is 29.8. The zero-order valence-corrected chi connectivity index (χ0v) is 15.4. The van der Waals surface area contributed by atoms with E-state index in [1.807, 2.05) is 0 Å². The van der Waals surface area contributed by atoms with Gasteiger partial charge in [-0.15, -0.1) is 0 Å². The lowest BCUT2D eigenvalue weighted by molar-refractivity contribution is -0.138. The van der Waals surface area contributed by atoms with Crippen LogP contribution < -0.4 is 4.72 Å². The summed E-state index contributed by atoms with van der Waals surface area (Å²) in [6.07, 6.45) is 3.61. The van der Waals surface area contributed by atoms with Crippen LogP contribution in [0.3, 0.4) is 0 Å². The molecule has 1 rings (SSSR count). The van der Waals surface area contributed by atoms with Crippen LogP contribution in [0.2, 0.25) is 0 Å². The molecule has 0 aromatic heterocycles. The highest BCUT2D eigenvalue weighted by molar-refractivity contribution is 7.88. The number of nitrogens with zero attached hydrogens (tertiary/aromatic N) is 1. The lowest BCUT2D eigenvalue weighted by atomic mass is 10.0. The molecule has 1 aliphatic rings. The van der Waals surface area contributed by atoms with Crippen LogP contribution in [0, 0.1) is 0 Å². The number of hydrogen-bond acceptors (Lipinski definition) is 5. The average molecular weight is 362 g/mol. The highest BCUT2D eigenvalue weighted by Crippen LogP contribution is 2.19. The number of carbonyl (C=O) groups excluding carboxylic acids is 1. The SMILES string of the molecule is CC(C)(C)OC(=O)N1CCC(=CC[C@@H](NS(C)(=O)=O)C(=O)O)CC1. The van der Waals surface area contributed by atoms with Crippen LogP contribution >= 0.6 is 0 Å². The van der Waals surface area contributed by atoms with Gasteiger partial charge in [-0.2, -0.15) is 0 Å². The number of carboxylic acids is 1. The largest absolute Gasteiger partial charge is 0.480 e. The Bertz CT molecular complexity index is 596. The smallest absolute Gasteiger partial charge is 0.410 e. The maximum Gasteiger partial charge on any atom is 0.410 e. The molecule has 1 aliphatic heterocycles.